The maximum atomic E-state index is 11.4. The summed E-state index contributed by atoms with van der Waals surface area (Å²) in [5.41, 5.74) is -1.11. The number of hydrogen-bond donors (Lipinski definition) is 1. The minimum atomic E-state index is -1.53. The smallest absolute Gasteiger partial charge is 0.316 e. The number of aliphatic carboxylic acids is 1. The standard InChI is InChI=1S/C12H9BrN2O2/c1-12(11(16)17,9(6-14)7-15)8-3-2-4-10(13)5-8/h2-5,9H,1H3,(H,16,17). The van der Waals surface area contributed by atoms with E-state index in [0.29, 0.717) is 10.0 Å². The Bertz CT molecular complexity index is 516. The molecule has 0 heterocycles. The second-order valence-electron chi connectivity index (χ2n) is 3.71. The van der Waals surface area contributed by atoms with E-state index in [1.807, 2.05) is 0 Å². The number of carboxylic acids is 1. The van der Waals surface area contributed by atoms with Crippen LogP contribution in [0.1, 0.15) is 12.5 Å². The summed E-state index contributed by atoms with van der Waals surface area (Å²) in [6, 6.07) is 10.1. The van der Waals surface area contributed by atoms with Crippen LogP contribution in [0.25, 0.3) is 0 Å². The van der Waals surface area contributed by atoms with Crippen LogP contribution in [0.15, 0.2) is 28.7 Å². The maximum absolute atomic E-state index is 11.4. The molecule has 0 aromatic heterocycles. The number of carbonyl (C=O) groups is 1. The molecular weight excluding hydrogens is 284 g/mol. The van der Waals surface area contributed by atoms with E-state index in [9.17, 15) is 9.90 Å². The van der Waals surface area contributed by atoms with Gasteiger partial charge in [-0.3, -0.25) is 4.79 Å². The van der Waals surface area contributed by atoms with Gasteiger partial charge in [0.2, 0.25) is 0 Å². The summed E-state index contributed by atoms with van der Waals surface area (Å²) in [5, 5.41) is 27.1. The summed E-state index contributed by atoms with van der Waals surface area (Å²) in [6.07, 6.45) is 0. The van der Waals surface area contributed by atoms with Crippen LogP contribution in [0.2, 0.25) is 0 Å². The zero-order chi connectivity index (χ0) is 13.1. The minimum Gasteiger partial charge on any atom is -0.481 e. The molecule has 1 aromatic carbocycles. The molecule has 1 rings (SSSR count). The molecule has 0 spiro atoms. The average Bonchev–Trinajstić information content (AvgIpc) is 2.30. The van der Waals surface area contributed by atoms with E-state index < -0.39 is 17.3 Å². The summed E-state index contributed by atoms with van der Waals surface area (Å²) in [5.74, 6) is -2.43. The highest BCUT2D eigenvalue weighted by atomic mass is 79.9. The third-order valence-corrected chi connectivity index (χ3v) is 3.20. The van der Waals surface area contributed by atoms with E-state index in [0.717, 1.165) is 0 Å². The van der Waals surface area contributed by atoms with Gasteiger partial charge in [0, 0.05) is 4.47 Å². The number of hydrogen-bond acceptors (Lipinski definition) is 3. The predicted molar refractivity (Wildman–Crippen MR) is 63.8 cm³/mol. The van der Waals surface area contributed by atoms with E-state index in [1.165, 1.54) is 6.92 Å². The lowest BCUT2D eigenvalue weighted by atomic mass is 9.73. The Morgan fingerprint density at radius 3 is 2.47 bits per heavy atom. The summed E-state index contributed by atoms with van der Waals surface area (Å²) >= 11 is 3.24. The summed E-state index contributed by atoms with van der Waals surface area (Å²) < 4.78 is 0.706. The lowest BCUT2D eigenvalue weighted by molar-refractivity contribution is -0.144. The van der Waals surface area contributed by atoms with Crippen molar-refractivity contribution >= 4 is 21.9 Å². The van der Waals surface area contributed by atoms with E-state index in [-0.39, 0.29) is 0 Å². The zero-order valence-electron chi connectivity index (χ0n) is 9.01. The first-order valence-corrected chi connectivity index (χ1v) is 5.54. The van der Waals surface area contributed by atoms with Gasteiger partial charge in [-0.1, -0.05) is 28.1 Å². The monoisotopic (exact) mass is 292 g/mol. The Hall–Kier alpha value is -1.85. The predicted octanol–water partition coefficient (Wildman–Crippen LogP) is 2.45. The number of nitriles is 2. The molecule has 1 unspecified atom stereocenters. The van der Waals surface area contributed by atoms with Gasteiger partial charge in [-0.15, -0.1) is 0 Å². The summed E-state index contributed by atoms with van der Waals surface area (Å²) in [6.45, 7) is 1.38. The second kappa shape index (κ2) is 4.99. The van der Waals surface area contributed by atoms with Gasteiger partial charge in [0.1, 0.15) is 5.41 Å². The molecule has 17 heavy (non-hydrogen) atoms. The fourth-order valence-electron chi connectivity index (χ4n) is 1.51. The first kappa shape index (κ1) is 13.2. The van der Waals surface area contributed by atoms with E-state index in [1.54, 1.807) is 36.4 Å². The van der Waals surface area contributed by atoms with Gasteiger partial charge in [0.25, 0.3) is 0 Å². The molecule has 0 aliphatic heterocycles. The van der Waals surface area contributed by atoms with Crippen LogP contribution in [-0.2, 0) is 10.2 Å². The van der Waals surface area contributed by atoms with E-state index >= 15 is 0 Å². The number of benzene rings is 1. The van der Waals surface area contributed by atoms with Gasteiger partial charge in [-0.2, -0.15) is 10.5 Å². The van der Waals surface area contributed by atoms with Crippen LogP contribution in [0, 0.1) is 28.6 Å². The van der Waals surface area contributed by atoms with Gasteiger partial charge in [-0.25, -0.2) is 0 Å². The second-order valence-corrected chi connectivity index (χ2v) is 4.62. The van der Waals surface area contributed by atoms with Crippen molar-refractivity contribution in [1.82, 2.24) is 0 Å². The summed E-state index contributed by atoms with van der Waals surface area (Å²) in [4.78, 5) is 11.4. The number of rotatable bonds is 3. The molecule has 4 nitrogen and oxygen atoms in total. The van der Waals surface area contributed by atoms with Crippen molar-refractivity contribution in [2.75, 3.05) is 0 Å². The van der Waals surface area contributed by atoms with Crippen LogP contribution in [-0.4, -0.2) is 11.1 Å². The molecule has 5 heteroatoms. The highest BCUT2D eigenvalue weighted by Gasteiger charge is 2.44. The lowest BCUT2D eigenvalue weighted by Crippen LogP contribution is -2.39. The maximum Gasteiger partial charge on any atom is 0.316 e. The third kappa shape index (κ3) is 2.30. The Balaban J connectivity index is 3.42. The van der Waals surface area contributed by atoms with Gasteiger partial charge in [0.15, 0.2) is 5.92 Å². The van der Waals surface area contributed by atoms with Gasteiger partial charge in [-0.05, 0) is 24.6 Å². The molecule has 1 atom stereocenters. The van der Waals surface area contributed by atoms with Crippen molar-refractivity contribution in [1.29, 1.82) is 10.5 Å². The van der Waals surface area contributed by atoms with Crippen molar-refractivity contribution in [3.05, 3.63) is 34.3 Å². The van der Waals surface area contributed by atoms with Crippen molar-refractivity contribution in [2.45, 2.75) is 12.3 Å². The first-order chi connectivity index (χ1) is 7.96. The van der Waals surface area contributed by atoms with Crippen molar-refractivity contribution in [2.24, 2.45) is 5.92 Å². The largest absolute Gasteiger partial charge is 0.481 e. The molecule has 0 bridgehead atoms. The molecule has 0 aliphatic carbocycles. The fourth-order valence-corrected chi connectivity index (χ4v) is 1.91. The summed E-state index contributed by atoms with van der Waals surface area (Å²) in [7, 11) is 0. The number of nitrogens with zero attached hydrogens (tertiary/aromatic N) is 2. The molecule has 0 fully saturated rings. The quantitative estimate of drug-likeness (QED) is 0.927. The first-order valence-electron chi connectivity index (χ1n) is 4.75. The lowest BCUT2D eigenvalue weighted by Gasteiger charge is -2.26. The van der Waals surface area contributed by atoms with Gasteiger partial charge in [0.05, 0.1) is 12.1 Å². The van der Waals surface area contributed by atoms with Crippen molar-refractivity contribution < 1.29 is 9.90 Å². The molecule has 0 aliphatic rings. The Morgan fingerprint density at radius 1 is 1.47 bits per heavy atom. The fraction of sp³-hybridized carbons (Fsp3) is 0.250. The highest BCUT2D eigenvalue weighted by molar-refractivity contribution is 9.10. The SMILES string of the molecule is CC(C(=O)O)(c1cccc(Br)c1)C(C#N)C#N. The van der Waals surface area contributed by atoms with E-state index in [2.05, 4.69) is 15.9 Å². The molecule has 0 saturated heterocycles. The van der Waals surface area contributed by atoms with Crippen LogP contribution in [0.4, 0.5) is 0 Å². The van der Waals surface area contributed by atoms with Crippen LogP contribution >= 0.6 is 15.9 Å². The van der Waals surface area contributed by atoms with Gasteiger partial charge < -0.3 is 5.11 Å². The Labute approximate surface area is 107 Å². The molecule has 0 saturated carbocycles. The highest BCUT2D eigenvalue weighted by Crippen LogP contribution is 2.33. The molecule has 1 aromatic rings. The van der Waals surface area contributed by atoms with Crippen LogP contribution in [0.5, 0.6) is 0 Å². The molecule has 0 radical (unpaired) electrons. The number of carboxylic acid groups (broad SMARTS) is 1. The molecule has 1 N–H and O–H groups in total. The minimum absolute atomic E-state index is 0.424. The van der Waals surface area contributed by atoms with Crippen LogP contribution < -0.4 is 0 Å². The molecule has 0 amide bonds. The Kier molecular flexibility index (Phi) is 3.88. The van der Waals surface area contributed by atoms with Gasteiger partial charge >= 0.3 is 5.97 Å². The normalized spacial score (nSPS) is 13.5. The van der Waals surface area contributed by atoms with Crippen molar-refractivity contribution in [3.8, 4) is 12.1 Å². The van der Waals surface area contributed by atoms with E-state index in [4.69, 9.17) is 10.5 Å². The zero-order valence-corrected chi connectivity index (χ0v) is 10.6. The van der Waals surface area contributed by atoms with Crippen LogP contribution in [0.3, 0.4) is 0 Å². The molecular formula is C12H9BrN2O2. The number of halogens is 1. The Morgan fingerprint density at radius 2 is 2.06 bits per heavy atom. The molecule has 86 valence electrons. The van der Waals surface area contributed by atoms with Crippen molar-refractivity contribution in [3.63, 3.8) is 0 Å². The topological polar surface area (TPSA) is 84.9 Å². The average molecular weight is 293 g/mol. The third-order valence-electron chi connectivity index (χ3n) is 2.70.